The number of likely N-dealkylation sites (tertiary alicyclic amines) is 1. The molecule has 0 aromatic heterocycles. The number of rotatable bonds is 5. The fourth-order valence-electron chi connectivity index (χ4n) is 3.17. The molecule has 0 unspecified atom stereocenters. The Labute approximate surface area is 149 Å². The molecule has 25 heavy (non-hydrogen) atoms. The molecule has 0 N–H and O–H groups in total. The van der Waals surface area contributed by atoms with Crippen LogP contribution in [-0.2, 0) is 6.54 Å². The minimum Gasteiger partial charge on any atom is -0.339 e. The van der Waals surface area contributed by atoms with Crippen molar-refractivity contribution in [3.05, 3.63) is 71.3 Å². The summed E-state index contributed by atoms with van der Waals surface area (Å²) in [6.07, 6.45) is 2.15. The van der Waals surface area contributed by atoms with Crippen LogP contribution in [0.1, 0.15) is 46.0 Å². The highest BCUT2D eigenvalue weighted by Gasteiger charge is 2.20. The first kappa shape index (κ1) is 17.2. The molecule has 3 rings (SSSR count). The van der Waals surface area contributed by atoms with E-state index in [1.54, 1.807) is 24.3 Å². The molecule has 1 aliphatic heterocycles. The van der Waals surface area contributed by atoms with Gasteiger partial charge in [-0.15, -0.1) is 0 Å². The molecule has 1 heterocycles. The summed E-state index contributed by atoms with van der Waals surface area (Å²) in [6.45, 7) is 4.87. The number of benzene rings is 2. The highest BCUT2D eigenvalue weighted by atomic mass is 16.2. The Balaban J connectivity index is 1.69. The van der Waals surface area contributed by atoms with Gasteiger partial charge in [-0.3, -0.25) is 9.59 Å². The van der Waals surface area contributed by atoms with Gasteiger partial charge < -0.3 is 9.80 Å². The average molecular weight is 336 g/mol. The summed E-state index contributed by atoms with van der Waals surface area (Å²) in [7, 11) is 0. The summed E-state index contributed by atoms with van der Waals surface area (Å²) < 4.78 is 0. The molecule has 2 amide bonds. The minimum atomic E-state index is -0.00785. The summed E-state index contributed by atoms with van der Waals surface area (Å²) in [6, 6.07) is 17.0. The van der Waals surface area contributed by atoms with Crippen LogP contribution in [0.2, 0.25) is 0 Å². The summed E-state index contributed by atoms with van der Waals surface area (Å²) in [4.78, 5) is 28.8. The normalized spacial score (nSPS) is 13.7. The monoisotopic (exact) mass is 336 g/mol. The van der Waals surface area contributed by atoms with Crippen LogP contribution in [0.4, 0.5) is 0 Å². The van der Waals surface area contributed by atoms with Crippen molar-refractivity contribution in [2.75, 3.05) is 19.6 Å². The maximum absolute atomic E-state index is 12.7. The molecule has 4 nitrogen and oxygen atoms in total. The van der Waals surface area contributed by atoms with E-state index in [9.17, 15) is 9.59 Å². The van der Waals surface area contributed by atoms with Gasteiger partial charge in [0.25, 0.3) is 11.8 Å². The first-order chi connectivity index (χ1) is 12.2. The van der Waals surface area contributed by atoms with Crippen molar-refractivity contribution in [3.8, 4) is 0 Å². The molecule has 1 saturated heterocycles. The van der Waals surface area contributed by atoms with Gasteiger partial charge in [-0.05, 0) is 49.6 Å². The van der Waals surface area contributed by atoms with Crippen molar-refractivity contribution in [2.45, 2.75) is 26.3 Å². The van der Waals surface area contributed by atoms with Gasteiger partial charge >= 0.3 is 0 Å². The zero-order valence-electron chi connectivity index (χ0n) is 14.6. The fraction of sp³-hybridized carbons (Fsp3) is 0.333. The standard InChI is InChI=1S/C21H24N2O2/c1-2-22(16-17-8-4-3-5-9-17)20(24)18-10-12-19(13-11-18)21(25)23-14-6-7-15-23/h3-5,8-13H,2,6-7,14-16H2,1H3. The molecular formula is C21H24N2O2. The summed E-state index contributed by atoms with van der Waals surface area (Å²) in [5, 5.41) is 0. The lowest BCUT2D eigenvalue weighted by Crippen LogP contribution is -2.30. The van der Waals surface area contributed by atoms with Crippen LogP contribution >= 0.6 is 0 Å². The van der Waals surface area contributed by atoms with Crippen LogP contribution in [0.25, 0.3) is 0 Å². The predicted molar refractivity (Wildman–Crippen MR) is 98.4 cm³/mol. The predicted octanol–water partition coefficient (Wildman–Crippen LogP) is 3.58. The van der Waals surface area contributed by atoms with Crippen molar-refractivity contribution in [1.29, 1.82) is 0 Å². The van der Waals surface area contributed by atoms with E-state index in [0.29, 0.717) is 24.2 Å². The third-order valence-electron chi connectivity index (χ3n) is 4.66. The Bertz CT molecular complexity index is 719. The molecule has 0 bridgehead atoms. The van der Waals surface area contributed by atoms with E-state index >= 15 is 0 Å². The summed E-state index contributed by atoms with van der Waals surface area (Å²) >= 11 is 0. The highest BCUT2D eigenvalue weighted by Crippen LogP contribution is 2.15. The number of amides is 2. The summed E-state index contributed by atoms with van der Waals surface area (Å²) in [5.41, 5.74) is 2.39. The molecule has 2 aromatic rings. The topological polar surface area (TPSA) is 40.6 Å². The van der Waals surface area contributed by atoms with Gasteiger partial charge in [0.15, 0.2) is 0 Å². The van der Waals surface area contributed by atoms with Crippen LogP contribution in [0.15, 0.2) is 54.6 Å². The van der Waals surface area contributed by atoms with E-state index in [2.05, 4.69) is 0 Å². The largest absolute Gasteiger partial charge is 0.339 e. The average Bonchev–Trinajstić information content (AvgIpc) is 3.21. The van der Waals surface area contributed by atoms with Crippen molar-refractivity contribution >= 4 is 11.8 Å². The molecule has 0 radical (unpaired) electrons. The lowest BCUT2D eigenvalue weighted by molar-refractivity contribution is 0.0749. The highest BCUT2D eigenvalue weighted by molar-refractivity contribution is 5.97. The van der Waals surface area contributed by atoms with Crippen LogP contribution in [0.3, 0.4) is 0 Å². The molecule has 0 aliphatic carbocycles. The smallest absolute Gasteiger partial charge is 0.254 e. The third kappa shape index (κ3) is 4.08. The minimum absolute atomic E-state index is 0.00785. The van der Waals surface area contributed by atoms with Crippen LogP contribution in [0.5, 0.6) is 0 Å². The van der Waals surface area contributed by atoms with Gasteiger partial charge in [0, 0.05) is 37.3 Å². The van der Waals surface area contributed by atoms with Gasteiger partial charge in [-0.2, -0.15) is 0 Å². The number of hydrogen-bond acceptors (Lipinski definition) is 2. The lowest BCUT2D eigenvalue weighted by atomic mass is 10.1. The molecule has 0 spiro atoms. The SMILES string of the molecule is CCN(Cc1ccccc1)C(=O)c1ccc(C(=O)N2CCCC2)cc1. The molecule has 0 saturated carbocycles. The Hall–Kier alpha value is -2.62. The van der Waals surface area contributed by atoms with E-state index < -0.39 is 0 Å². The number of carbonyl (C=O) groups is 2. The molecule has 1 fully saturated rings. The van der Waals surface area contributed by atoms with Gasteiger partial charge in [-0.1, -0.05) is 30.3 Å². The zero-order valence-corrected chi connectivity index (χ0v) is 14.6. The summed E-state index contributed by atoms with van der Waals surface area (Å²) in [5.74, 6) is 0.0552. The van der Waals surface area contributed by atoms with Crippen LogP contribution < -0.4 is 0 Å². The lowest BCUT2D eigenvalue weighted by Gasteiger charge is -2.21. The van der Waals surface area contributed by atoms with Gasteiger partial charge in [0.05, 0.1) is 0 Å². The molecular weight excluding hydrogens is 312 g/mol. The van der Waals surface area contributed by atoms with E-state index in [0.717, 1.165) is 31.5 Å². The second-order valence-electron chi connectivity index (χ2n) is 6.38. The maximum Gasteiger partial charge on any atom is 0.254 e. The van der Waals surface area contributed by atoms with Crippen LogP contribution in [0, 0.1) is 0 Å². The van der Waals surface area contributed by atoms with Crippen molar-refractivity contribution in [2.24, 2.45) is 0 Å². The molecule has 2 aromatic carbocycles. The fourth-order valence-corrected chi connectivity index (χ4v) is 3.17. The van der Waals surface area contributed by atoms with Crippen LogP contribution in [-0.4, -0.2) is 41.2 Å². The van der Waals surface area contributed by atoms with Crippen molar-refractivity contribution < 1.29 is 9.59 Å². The van der Waals surface area contributed by atoms with E-state index in [1.807, 2.05) is 47.1 Å². The second-order valence-corrected chi connectivity index (χ2v) is 6.38. The molecule has 130 valence electrons. The number of hydrogen-bond donors (Lipinski definition) is 0. The Kier molecular flexibility index (Phi) is 5.49. The first-order valence-electron chi connectivity index (χ1n) is 8.91. The molecule has 4 heteroatoms. The Morgan fingerprint density at radius 3 is 2.12 bits per heavy atom. The van der Waals surface area contributed by atoms with E-state index in [1.165, 1.54) is 0 Å². The maximum atomic E-state index is 12.7. The van der Waals surface area contributed by atoms with Gasteiger partial charge in [-0.25, -0.2) is 0 Å². The third-order valence-corrected chi connectivity index (χ3v) is 4.66. The van der Waals surface area contributed by atoms with E-state index in [4.69, 9.17) is 0 Å². The molecule has 0 atom stereocenters. The number of carbonyl (C=O) groups excluding carboxylic acids is 2. The van der Waals surface area contributed by atoms with E-state index in [-0.39, 0.29) is 11.8 Å². The first-order valence-corrected chi connectivity index (χ1v) is 8.91. The quantitative estimate of drug-likeness (QED) is 0.837. The Morgan fingerprint density at radius 2 is 1.52 bits per heavy atom. The van der Waals surface area contributed by atoms with Gasteiger partial charge in [0.2, 0.25) is 0 Å². The van der Waals surface area contributed by atoms with Gasteiger partial charge in [0.1, 0.15) is 0 Å². The zero-order chi connectivity index (χ0) is 17.6. The van der Waals surface area contributed by atoms with Crippen molar-refractivity contribution in [3.63, 3.8) is 0 Å². The second kappa shape index (κ2) is 7.97. The Morgan fingerprint density at radius 1 is 0.920 bits per heavy atom. The number of nitrogens with zero attached hydrogens (tertiary/aromatic N) is 2. The molecule has 1 aliphatic rings. The van der Waals surface area contributed by atoms with Crippen molar-refractivity contribution in [1.82, 2.24) is 9.80 Å².